The number of hydrogen-bond donors (Lipinski definition) is 0. The summed E-state index contributed by atoms with van der Waals surface area (Å²) >= 11 is 0. The predicted molar refractivity (Wildman–Crippen MR) is 81.7 cm³/mol. The molecular weight excluding hydrogens is 274 g/mol. The summed E-state index contributed by atoms with van der Waals surface area (Å²) in [5.74, 6) is -2.38. The highest BCUT2D eigenvalue weighted by atomic mass is 32.2. The van der Waals surface area contributed by atoms with Gasteiger partial charge in [0.05, 0.1) is 0 Å². The van der Waals surface area contributed by atoms with Crippen LogP contribution in [-0.4, -0.2) is 5.76 Å². The molecule has 0 fully saturated rings. The van der Waals surface area contributed by atoms with Gasteiger partial charge in [0.1, 0.15) is 10.9 Å². The zero-order valence-corrected chi connectivity index (χ0v) is 13.0. The molecule has 0 nitrogen and oxygen atoms in total. The average Bonchev–Trinajstić information content (AvgIpc) is 2.43. The summed E-state index contributed by atoms with van der Waals surface area (Å²) in [4.78, 5) is 1.47. The molecule has 0 saturated heterocycles. The van der Waals surface area contributed by atoms with Gasteiger partial charge < -0.3 is 0 Å². The third-order valence-corrected chi connectivity index (χ3v) is 5.88. The molecule has 20 heavy (non-hydrogen) atoms. The van der Waals surface area contributed by atoms with Crippen molar-refractivity contribution in [1.29, 1.82) is 0 Å². The van der Waals surface area contributed by atoms with Gasteiger partial charge in [-0.05, 0) is 62.6 Å². The lowest BCUT2D eigenvalue weighted by Crippen LogP contribution is -2.16. The molecule has 0 radical (unpaired) electrons. The van der Waals surface area contributed by atoms with Crippen molar-refractivity contribution in [3.8, 4) is 0 Å². The van der Waals surface area contributed by atoms with Crippen molar-refractivity contribution < 1.29 is 8.78 Å². The fourth-order valence-electron chi connectivity index (χ4n) is 2.30. The largest absolute Gasteiger partial charge is 0.409 e. The molecule has 0 bridgehead atoms. The second-order valence-electron chi connectivity index (χ2n) is 4.98. The molecule has 1 unspecified atom stereocenters. The van der Waals surface area contributed by atoms with Crippen molar-refractivity contribution >= 4 is 10.9 Å². The number of halogens is 2. The lowest BCUT2D eigenvalue weighted by molar-refractivity contribution is 0.247. The quantitative estimate of drug-likeness (QED) is 0.684. The van der Waals surface area contributed by atoms with Crippen LogP contribution < -0.4 is 0 Å². The highest BCUT2D eigenvalue weighted by Crippen LogP contribution is 2.34. The first kappa shape index (κ1) is 15.0. The second kappa shape index (κ2) is 5.96. The highest BCUT2D eigenvalue weighted by molar-refractivity contribution is 7.97. The van der Waals surface area contributed by atoms with E-state index in [9.17, 15) is 8.78 Å². The summed E-state index contributed by atoms with van der Waals surface area (Å²) in [6, 6.07) is 11.0. The summed E-state index contributed by atoms with van der Waals surface area (Å²) in [7, 11) is -1.18. The Bertz CT molecular complexity index is 606. The summed E-state index contributed by atoms with van der Waals surface area (Å²) in [6.07, 6.45) is 0. The zero-order chi connectivity index (χ0) is 14.9. The Morgan fingerprint density at radius 3 is 2.00 bits per heavy atom. The first-order valence-electron chi connectivity index (χ1n) is 6.57. The van der Waals surface area contributed by atoms with E-state index in [0.717, 1.165) is 21.6 Å². The SMILES string of the molecule is Cc1cc([S+](c2ccccc2)C(F)F)c(C)c(C)c1C. The van der Waals surface area contributed by atoms with Gasteiger partial charge in [0.15, 0.2) is 9.79 Å². The maximum atomic E-state index is 13.6. The molecule has 0 aliphatic heterocycles. The highest BCUT2D eigenvalue weighted by Gasteiger charge is 2.38. The van der Waals surface area contributed by atoms with Gasteiger partial charge in [-0.2, -0.15) is 8.78 Å². The Hall–Kier alpha value is -1.35. The summed E-state index contributed by atoms with van der Waals surface area (Å²) in [6.45, 7) is 8.00. The Balaban J connectivity index is 2.63. The molecule has 106 valence electrons. The van der Waals surface area contributed by atoms with Crippen molar-refractivity contribution in [1.82, 2.24) is 0 Å². The maximum absolute atomic E-state index is 13.6. The lowest BCUT2D eigenvalue weighted by atomic mass is 10.00. The van der Waals surface area contributed by atoms with Crippen LogP contribution in [0.25, 0.3) is 0 Å². The molecule has 0 aliphatic carbocycles. The Morgan fingerprint density at radius 1 is 0.850 bits per heavy atom. The van der Waals surface area contributed by atoms with Crippen LogP contribution >= 0.6 is 0 Å². The lowest BCUT2D eigenvalue weighted by Gasteiger charge is -2.14. The first-order valence-corrected chi connectivity index (χ1v) is 7.86. The van der Waals surface area contributed by atoms with Gasteiger partial charge in [0.25, 0.3) is 0 Å². The number of benzene rings is 2. The minimum absolute atomic E-state index is 0.702. The molecule has 0 aromatic heterocycles. The minimum Gasteiger partial charge on any atom is -0.156 e. The van der Waals surface area contributed by atoms with Crippen LogP contribution in [0.1, 0.15) is 22.3 Å². The van der Waals surface area contributed by atoms with Gasteiger partial charge in [-0.1, -0.05) is 18.2 Å². The molecular formula is C17H19F2S+. The standard InChI is InChI=1S/C17H19F2S/c1-11-10-16(14(4)13(3)12(11)2)20(17(18)19)15-8-6-5-7-9-15/h5-10,17H,1-4H3/q+1. The van der Waals surface area contributed by atoms with E-state index in [2.05, 4.69) is 0 Å². The normalized spacial score (nSPS) is 12.8. The first-order chi connectivity index (χ1) is 9.43. The van der Waals surface area contributed by atoms with E-state index in [1.807, 2.05) is 52.0 Å². The van der Waals surface area contributed by atoms with Crippen LogP contribution in [0.4, 0.5) is 8.78 Å². The molecule has 0 spiro atoms. The molecule has 0 aliphatic rings. The third-order valence-electron chi connectivity index (χ3n) is 3.85. The second-order valence-corrected chi connectivity index (χ2v) is 6.92. The van der Waals surface area contributed by atoms with E-state index in [-0.39, 0.29) is 0 Å². The van der Waals surface area contributed by atoms with Crippen molar-refractivity contribution in [2.45, 2.75) is 43.2 Å². The molecule has 2 aromatic rings. The molecule has 0 amide bonds. The molecule has 3 heteroatoms. The summed E-state index contributed by atoms with van der Waals surface area (Å²) in [5, 5.41) is 0. The van der Waals surface area contributed by atoms with E-state index in [1.54, 1.807) is 12.1 Å². The number of alkyl halides is 2. The fraction of sp³-hybridized carbons (Fsp3) is 0.294. The van der Waals surface area contributed by atoms with Crippen molar-refractivity contribution in [3.63, 3.8) is 0 Å². The van der Waals surface area contributed by atoms with E-state index in [0.29, 0.717) is 4.90 Å². The Kier molecular flexibility index (Phi) is 4.48. The minimum atomic E-state index is -2.38. The fourth-order valence-corrected chi connectivity index (χ4v) is 4.18. The van der Waals surface area contributed by atoms with Crippen molar-refractivity contribution in [3.05, 3.63) is 58.7 Å². The van der Waals surface area contributed by atoms with Gasteiger partial charge in [-0.3, -0.25) is 0 Å². The molecule has 0 heterocycles. The van der Waals surface area contributed by atoms with Gasteiger partial charge in [-0.15, -0.1) is 0 Å². The van der Waals surface area contributed by atoms with Crippen LogP contribution in [0, 0.1) is 27.7 Å². The van der Waals surface area contributed by atoms with E-state index >= 15 is 0 Å². The number of hydrogen-bond acceptors (Lipinski definition) is 0. The van der Waals surface area contributed by atoms with Crippen LogP contribution in [-0.2, 0) is 10.9 Å². The molecule has 0 saturated carbocycles. The van der Waals surface area contributed by atoms with Crippen molar-refractivity contribution in [2.75, 3.05) is 0 Å². The van der Waals surface area contributed by atoms with Gasteiger partial charge in [0, 0.05) is 5.56 Å². The van der Waals surface area contributed by atoms with Gasteiger partial charge >= 0.3 is 5.76 Å². The van der Waals surface area contributed by atoms with E-state index < -0.39 is 16.7 Å². The molecule has 0 N–H and O–H groups in total. The van der Waals surface area contributed by atoms with Gasteiger partial charge in [-0.25, -0.2) is 0 Å². The maximum Gasteiger partial charge on any atom is 0.409 e. The Morgan fingerprint density at radius 2 is 1.45 bits per heavy atom. The predicted octanol–water partition coefficient (Wildman–Crippen LogP) is 5.18. The molecule has 2 aromatic carbocycles. The number of aryl methyl sites for hydroxylation is 1. The monoisotopic (exact) mass is 293 g/mol. The van der Waals surface area contributed by atoms with E-state index in [4.69, 9.17) is 0 Å². The van der Waals surface area contributed by atoms with Crippen LogP contribution in [0.15, 0.2) is 46.2 Å². The van der Waals surface area contributed by atoms with Crippen LogP contribution in [0.2, 0.25) is 0 Å². The van der Waals surface area contributed by atoms with Crippen LogP contribution in [0.3, 0.4) is 0 Å². The van der Waals surface area contributed by atoms with Gasteiger partial charge in [0.2, 0.25) is 0 Å². The average molecular weight is 293 g/mol. The zero-order valence-electron chi connectivity index (χ0n) is 12.2. The van der Waals surface area contributed by atoms with E-state index in [1.165, 1.54) is 5.56 Å². The third kappa shape index (κ3) is 2.73. The molecule has 2 rings (SSSR count). The Labute approximate surface area is 122 Å². The summed E-state index contributed by atoms with van der Waals surface area (Å²) < 4.78 is 27.3. The van der Waals surface area contributed by atoms with Crippen molar-refractivity contribution in [2.24, 2.45) is 0 Å². The van der Waals surface area contributed by atoms with Crippen LogP contribution in [0.5, 0.6) is 0 Å². The number of rotatable bonds is 3. The molecule has 1 atom stereocenters. The smallest absolute Gasteiger partial charge is 0.156 e. The summed E-state index contributed by atoms with van der Waals surface area (Å²) in [5.41, 5.74) is 4.38. The topological polar surface area (TPSA) is 0 Å².